The predicted molar refractivity (Wildman–Crippen MR) is 123 cm³/mol. The average molecular weight is 445 g/mol. The fraction of sp³-hybridized carbons (Fsp3) is 0.167. The maximum Gasteiger partial charge on any atom is 0.132 e. The predicted octanol–water partition coefficient (Wildman–Crippen LogP) is 4.28. The first kappa shape index (κ1) is 19.3. The first-order valence-corrected chi connectivity index (χ1v) is 10.8. The zero-order chi connectivity index (χ0) is 21.7. The summed E-state index contributed by atoms with van der Waals surface area (Å²) >= 11 is 6.11. The molecule has 3 aromatic heterocycles. The number of nitrogens with one attached hydrogen (secondary N) is 1. The van der Waals surface area contributed by atoms with E-state index in [2.05, 4.69) is 24.8 Å². The van der Waals surface area contributed by atoms with Crippen LogP contribution in [-0.2, 0) is 13.1 Å². The number of allylic oxidation sites excluding steroid dienone is 1. The van der Waals surface area contributed by atoms with Crippen molar-refractivity contribution in [3.05, 3.63) is 82.8 Å². The Morgan fingerprint density at radius 3 is 2.91 bits per heavy atom. The van der Waals surface area contributed by atoms with E-state index in [4.69, 9.17) is 16.6 Å². The van der Waals surface area contributed by atoms with Gasteiger partial charge in [-0.2, -0.15) is 0 Å². The molecule has 1 aromatic carbocycles. The molecule has 6 rings (SSSR count). The Morgan fingerprint density at radius 1 is 1.03 bits per heavy atom. The summed E-state index contributed by atoms with van der Waals surface area (Å²) in [7, 11) is 0. The number of rotatable bonds is 3. The van der Waals surface area contributed by atoms with Crippen LogP contribution in [0.1, 0.15) is 17.1 Å². The van der Waals surface area contributed by atoms with Crippen LogP contribution in [0.15, 0.2) is 59.9 Å². The molecule has 0 unspecified atom stereocenters. The van der Waals surface area contributed by atoms with Crippen LogP contribution in [-0.4, -0.2) is 38.3 Å². The Balaban J connectivity index is 1.41. The number of nitrogens with zero attached hydrogens (tertiary/aromatic N) is 5. The van der Waals surface area contributed by atoms with E-state index >= 15 is 0 Å². The Morgan fingerprint density at radius 2 is 1.97 bits per heavy atom. The molecule has 0 fully saturated rings. The maximum absolute atomic E-state index is 14.5. The smallest absolute Gasteiger partial charge is 0.132 e. The van der Waals surface area contributed by atoms with Gasteiger partial charge in [0.2, 0.25) is 0 Å². The molecular weight excluding hydrogens is 427 g/mol. The number of aromatic nitrogens is 4. The molecule has 8 heteroatoms. The third kappa shape index (κ3) is 3.21. The summed E-state index contributed by atoms with van der Waals surface area (Å²) in [6.07, 6.45) is 5.71. The van der Waals surface area contributed by atoms with Crippen LogP contribution in [0.25, 0.3) is 27.9 Å². The van der Waals surface area contributed by atoms with Gasteiger partial charge in [-0.25, -0.2) is 14.4 Å². The molecular formula is C24H18ClFN6. The Labute approximate surface area is 188 Å². The second-order valence-corrected chi connectivity index (χ2v) is 8.21. The van der Waals surface area contributed by atoms with Crippen LogP contribution in [0.2, 0.25) is 5.02 Å². The molecule has 0 atom stereocenters. The SMILES string of the molecule is Fc1ccc(Cl)cc1C1=NCC=C1c1ccc2ncc(-c3cnc4n3CCNC4)cc2n1. The maximum atomic E-state index is 14.5. The van der Waals surface area contributed by atoms with Crippen molar-refractivity contribution in [2.24, 2.45) is 4.99 Å². The largest absolute Gasteiger partial charge is 0.326 e. The molecule has 0 bridgehead atoms. The summed E-state index contributed by atoms with van der Waals surface area (Å²) in [6, 6.07) is 10.4. The number of hydrogen-bond donors (Lipinski definition) is 1. The lowest BCUT2D eigenvalue weighted by atomic mass is 9.99. The Kier molecular flexibility index (Phi) is 4.59. The highest BCUT2D eigenvalue weighted by Crippen LogP contribution is 2.29. The third-order valence-corrected chi connectivity index (χ3v) is 6.06. The van der Waals surface area contributed by atoms with Gasteiger partial charge in [-0.15, -0.1) is 0 Å². The molecule has 1 N–H and O–H groups in total. The molecule has 0 saturated carbocycles. The lowest BCUT2D eigenvalue weighted by molar-refractivity contribution is 0.508. The Hall–Kier alpha value is -3.42. The molecule has 6 nitrogen and oxygen atoms in total. The zero-order valence-electron chi connectivity index (χ0n) is 17.0. The summed E-state index contributed by atoms with van der Waals surface area (Å²) in [6.45, 7) is 3.02. The van der Waals surface area contributed by atoms with Gasteiger partial charge in [0.05, 0.1) is 47.4 Å². The summed E-state index contributed by atoms with van der Waals surface area (Å²) in [4.78, 5) is 18.5. The standard InChI is InChI=1S/C24H18ClFN6/c25-15-1-2-18(26)17(10-15)24-16(5-6-28-24)19-3-4-20-21(31-19)9-14(11-29-20)22-12-30-23-13-27-7-8-32(22)23/h1-5,9-12,27H,6-8,13H2. The summed E-state index contributed by atoms with van der Waals surface area (Å²) in [5, 5.41) is 3.80. The lowest BCUT2D eigenvalue weighted by Gasteiger charge is -2.17. The summed E-state index contributed by atoms with van der Waals surface area (Å²) in [5.74, 6) is 0.666. The van der Waals surface area contributed by atoms with E-state index in [9.17, 15) is 4.39 Å². The van der Waals surface area contributed by atoms with Gasteiger partial charge in [0, 0.05) is 41.0 Å². The fourth-order valence-corrected chi connectivity index (χ4v) is 4.44. The zero-order valence-corrected chi connectivity index (χ0v) is 17.8. The lowest BCUT2D eigenvalue weighted by Crippen LogP contribution is -2.28. The van der Waals surface area contributed by atoms with Crippen LogP contribution >= 0.6 is 11.6 Å². The highest BCUT2D eigenvalue weighted by molar-refractivity contribution is 6.35. The third-order valence-electron chi connectivity index (χ3n) is 5.83. The van der Waals surface area contributed by atoms with E-state index in [1.807, 2.05) is 36.7 Å². The molecule has 32 heavy (non-hydrogen) atoms. The first-order valence-electron chi connectivity index (χ1n) is 10.4. The Bertz CT molecular complexity index is 1440. The number of imidazole rings is 1. The van der Waals surface area contributed by atoms with Gasteiger partial charge < -0.3 is 9.88 Å². The number of benzene rings is 1. The highest BCUT2D eigenvalue weighted by Gasteiger charge is 2.21. The molecule has 0 aliphatic carbocycles. The van der Waals surface area contributed by atoms with E-state index in [1.165, 1.54) is 12.1 Å². The van der Waals surface area contributed by atoms with Gasteiger partial charge in [0.1, 0.15) is 11.6 Å². The topological polar surface area (TPSA) is 68.0 Å². The van der Waals surface area contributed by atoms with Crippen LogP contribution < -0.4 is 5.32 Å². The highest BCUT2D eigenvalue weighted by atomic mass is 35.5. The number of aliphatic imine (C=N–C) groups is 1. The molecule has 0 radical (unpaired) electrons. The molecule has 0 saturated heterocycles. The molecule has 2 aliphatic rings. The van der Waals surface area contributed by atoms with Crippen molar-refractivity contribution in [3.8, 4) is 11.3 Å². The number of hydrogen-bond acceptors (Lipinski definition) is 5. The van der Waals surface area contributed by atoms with Crippen molar-refractivity contribution in [2.45, 2.75) is 13.1 Å². The second kappa shape index (κ2) is 7.62. The van der Waals surface area contributed by atoms with Crippen molar-refractivity contribution < 1.29 is 4.39 Å². The normalized spacial score (nSPS) is 15.6. The minimum absolute atomic E-state index is 0.356. The first-order chi connectivity index (χ1) is 15.7. The van der Waals surface area contributed by atoms with Crippen molar-refractivity contribution in [1.29, 1.82) is 0 Å². The summed E-state index contributed by atoms with van der Waals surface area (Å²) < 4.78 is 16.7. The van der Waals surface area contributed by atoms with Gasteiger partial charge in [0.15, 0.2) is 0 Å². The molecule has 5 heterocycles. The average Bonchev–Trinajstić information content (AvgIpc) is 3.47. The van der Waals surface area contributed by atoms with E-state index in [0.29, 0.717) is 22.8 Å². The van der Waals surface area contributed by atoms with Gasteiger partial charge in [0.25, 0.3) is 0 Å². The van der Waals surface area contributed by atoms with Crippen LogP contribution in [0, 0.1) is 5.82 Å². The van der Waals surface area contributed by atoms with E-state index < -0.39 is 0 Å². The van der Waals surface area contributed by atoms with Crippen LogP contribution in [0.5, 0.6) is 0 Å². The van der Waals surface area contributed by atoms with E-state index in [0.717, 1.165) is 59.0 Å². The molecule has 4 aromatic rings. The quantitative estimate of drug-likeness (QED) is 0.512. The monoisotopic (exact) mass is 444 g/mol. The molecule has 158 valence electrons. The minimum atomic E-state index is -0.356. The van der Waals surface area contributed by atoms with Gasteiger partial charge >= 0.3 is 0 Å². The van der Waals surface area contributed by atoms with Gasteiger partial charge in [-0.05, 0) is 36.4 Å². The van der Waals surface area contributed by atoms with E-state index in [-0.39, 0.29) is 5.82 Å². The molecule has 2 aliphatic heterocycles. The molecule has 0 spiro atoms. The molecule has 0 amide bonds. The van der Waals surface area contributed by atoms with Crippen molar-refractivity contribution >= 4 is 33.9 Å². The second-order valence-electron chi connectivity index (χ2n) is 7.78. The minimum Gasteiger partial charge on any atom is -0.326 e. The number of halogens is 2. The fourth-order valence-electron chi connectivity index (χ4n) is 4.27. The summed E-state index contributed by atoms with van der Waals surface area (Å²) in [5.41, 5.74) is 6.04. The van der Waals surface area contributed by atoms with Gasteiger partial charge in [-0.1, -0.05) is 17.7 Å². The number of pyridine rings is 2. The van der Waals surface area contributed by atoms with Crippen molar-refractivity contribution in [3.63, 3.8) is 0 Å². The van der Waals surface area contributed by atoms with Crippen LogP contribution in [0.3, 0.4) is 0 Å². The van der Waals surface area contributed by atoms with Crippen molar-refractivity contribution in [2.75, 3.05) is 13.1 Å². The van der Waals surface area contributed by atoms with Crippen molar-refractivity contribution in [1.82, 2.24) is 24.8 Å². The van der Waals surface area contributed by atoms with Crippen LogP contribution in [0.4, 0.5) is 4.39 Å². The van der Waals surface area contributed by atoms with E-state index in [1.54, 1.807) is 6.07 Å². The number of fused-ring (bicyclic) bond motifs is 2. The van der Waals surface area contributed by atoms with Gasteiger partial charge in [-0.3, -0.25) is 9.98 Å².